The van der Waals surface area contributed by atoms with Gasteiger partial charge >= 0.3 is 10.2 Å². The molecular weight excluding hydrogens is 245 g/mol. The molecule has 2 rings (SSSR count). The molecule has 1 aromatic carbocycles. The third kappa shape index (κ3) is 2.17. The van der Waals surface area contributed by atoms with Crippen molar-refractivity contribution in [2.24, 2.45) is 0 Å². The Labute approximate surface area is 99.0 Å². The lowest BCUT2D eigenvalue weighted by Crippen LogP contribution is -2.32. The monoisotopic (exact) mass is 257 g/mol. The molecule has 0 fully saturated rings. The van der Waals surface area contributed by atoms with Gasteiger partial charge in [-0.25, -0.2) is 0 Å². The molecular formula is C11H12FNO3S. The van der Waals surface area contributed by atoms with Crippen LogP contribution in [0.25, 0.3) is 0 Å². The zero-order valence-electron chi connectivity index (χ0n) is 9.45. The first kappa shape index (κ1) is 12.0. The van der Waals surface area contributed by atoms with Gasteiger partial charge in [-0.1, -0.05) is 13.8 Å². The second-order valence-electron chi connectivity index (χ2n) is 4.75. The molecule has 0 radical (unpaired) electrons. The second kappa shape index (κ2) is 3.53. The van der Waals surface area contributed by atoms with Crippen LogP contribution in [0.5, 0.6) is 0 Å². The number of benzene rings is 1. The van der Waals surface area contributed by atoms with Crippen LogP contribution in [0.3, 0.4) is 0 Å². The Kier molecular flexibility index (Phi) is 2.50. The summed E-state index contributed by atoms with van der Waals surface area (Å²) < 4.78 is 34.6. The van der Waals surface area contributed by atoms with E-state index < -0.39 is 15.6 Å². The number of rotatable bonds is 1. The number of amides is 1. The predicted molar refractivity (Wildman–Crippen MR) is 61.0 cm³/mol. The molecule has 0 aliphatic carbocycles. The van der Waals surface area contributed by atoms with E-state index >= 15 is 0 Å². The smallest absolute Gasteiger partial charge is 0.326 e. The molecule has 0 saturated carbocycles. The highest BCUT2D eigenvalue weighted by atomic mass is 32.3. The number of anilines is 1. The van der Waals surface area contributed by atoms with E-state index in [-0.39, 0.29) is 17.2 Å². The molecule has 1 aliphatic heterocycles. The summed E-state index contributed by atoms with van der Waals surface area (Å²) in [6, 6.07) is 3.85. The fourth-order valence-corrected chi connectivity index (χ4v) is 2.52. The SMILES string of the molecule is CC1(C)CC(=O)Nc2ccc(S(=O)(=O)F)cc21. The first-order chi connectivity index (χ1) is 7.70. The maximum atomic E-state index is 12.9. The van der Waals surface area contributed by atoms with Crippen molar-refractivity contribution >= 4 is 21.8 Å². The van der Waals surface area contributed by atoms with Crippen molar-refractivity contribution < 1.29 is 17.1 Å². The molecule has 1 heterocycles. The van der Waals surface area contributed by atoms with E-state index in [2.05, 4.69) is 5.32 Å². The van der Waals surface area contributed by atoms with E-state index in [1.807, 2.05) is 13.8 Å². The number of carbonyl (C=O) groups excluding carboxylic acids is 1. The Balaban J connectivity index is 2.63. The minimum Gasteiger partial charge on any atom is -0.326 e. The van der Waals surface area contributed by atoms with Crippen LogP contribution in [0.15, 0.2) is 23.1 Å². The Morgan fingerprint density at radius 1 is 1.35 bits per heavy atom. The maximum absolute atomic E-state index is 12.9. The van der Waals surface area contributed by atoms with E-state index in [9.17, 15) is 17.1 Å². The van der Waals surface area contributed by atoms with E-state index in [0.29, 0.717) is 11.3 Å². The van der Waals surface area contributed by atoms with Crippen molar-refractivity contribution in [3.63, 3.8) is 0 Å². The molecule has 1 amide bonds. The summed E-state index contributed by atoms with van der Waals surface area (Å²) in [6.07, 6.45) is 0.246. The number of hydrogen-bond acceptors (Lipinski definition) is 3. The lowest BCUT2D eigenvalue weighted by atomic mass is 9.78. The lowest BCUT2D eigenvalue weighted by Gasteiger charge is -2.32. The van der Waals surface area contributed by atoms with Gasteiger partial charge in [0.1, 0.15) is 0 Å². The summed E-state index contributed by atoms with van der Waals surface area (Å²) in [4.78, 5) is 11.0. The van der Waals surface area contributed by atoms with Crippen molar-refractivity contribution in [3.8, 4) is 0 Å². The van der Waals surface area contributed by atoms with Crippen LogP contribution in [0.1, 0.15) is 25.8 Å². The highest BCUT2D eigenvalue weighted by Crippen LogP contribution is 2.38. The summed E-state index contributed by atoms with van der Waals surface area (Å²) >= 11 is 0. The molecule has 92 valence electrons. The van der Waals surface area contributed by atoms with Gasteiger partial charge in [-0.3, -0.25) is 4.79 Å². The molecule has 17 heavy (non-hydrogen) atoms. The second-order valence-corrected chi connectivity index (χ2v) is 6.10. The molecule has 0 atom stereocenters. The van der Waals surface area contributed by atoms with Gasteiger partial charge in [-0.05, 0) is 23.8 Å². The van der Waals surface area contributed by atoms with E-state index in [1.54, 1.807) is 0 Å². The fraction of sp³-hybridized carbons (Fsp3) is 0.364. The number of carbonyl (C=O) groups is 1. The van der Waals surface area contributed by atoms with Crippen molar-refractivity contribution in [3.05, 3.63) is 23.8 Å². The lowest BCUT2D eigenvalue weighted by molar-refractivity contribution is -0.117. The van der Waals surface area contributed by atoms with Gasteiger partial charge in [0.2, 0.25) is 5.91 Å². The van der Waals surface area contributed by atoms with Crippen molar-refractivity contribution in [1.82, 2.24) is 0 Å². The molecule has 0 unspecified atom stereocenters. The predicted octanol–water partition coefficient (Wildman–Crippen LogP) is 1.96. The van der Waals surface area contributed by atoms with Crippen molar-refractivity contribution in [2.75, 3.05) is 5.32 Å². The number of halogens is 1. The normalized spacial score (nSPS) is 18.4. The van der Waals surface area contributed by atoms with Crippen LogP contribution in [0.2, 0.25) is 0 Å². The van der Waals surface area contributed by atoms with E-state index in [4.69, 9.17) is 0 Å². The van der Waals surface area contributed by atoms with Gasteiger partial charge in [0.25, 0.3) is 0 Å². The molecule has 1 aliphatic rings. The molecule has 4 nitrogen and oxygen atoms in total. The van der Waals surface area contributed by atoms with Gasteiger partial charge < -0.3 is 5.32 Å². The summed E-state index contributed by atoms with van der Waals surface area (Å²) in [6.45, 7) is 3.64. The number of nitrogens with one attached hydrogen (secondary N) is 1. The molecule has 6 heteroatoms. The Bertz CT molecular complexity index is 593. The quantitative estimate of drug-likeness (QED) is 0.782. The largest absolute Gasteiger partial charge is 0.332 e. The first-order valence-electron chi connectivity index (χ1n) is 5.09. The van der Waals surface area contributed by atoms with Crippen LogP contribution < -0.4 is 5.32 Å². The highest BCUT2D eigenvalue weighted by Gasteiger charge is 2.32. The topological polar surface area (TPSA) is 63.2 Å². The standard InChI is InChI=1S/C11H12FNO3S/c1-11(2)6-10(14)13-9-4-3-7(5-8(9)11)17(12,15)16/h3-5H,6H2,1-2H3,(H,13,14). The number of fused-ring (bicyclic) bond motifs is 1. The van der Waals surface area contributed by atoms with E-state index in [1.165, 1.54) is 12.1 Å². The van der Waals surface area contributed by atoms with Gasteiger partial charge in [0.05, 0.1) is 4.90 Å². The molecule has 1 N–H and O–H groups in total. The third-order valence-electron chi connectivity index (χ3n) is 2.88. The summed E-state index contributed by atoms with van der Waals surface area (Å²) in [7, 11) is -4.71. The molecule has 0 saturated heterocycles. The van der Waals surface area contributed by atoms with Crippen LogP contribution in [0.4, 0.5) is 9.57 Å². The van der Waals surface area contributed by atoms with Crippen LogP contribution >= 0.6 is 0 Å². The highest BCUT2D eigenvalue weighted by molar-refractivity contribution is 7.86. The molecule has 0 spiro atoms. The summed E-state index contributed by atoms with van der Waals surface area (Å²) in [5, 5.41) is 2.64. The zero-order valence-corrected chi connectivity index (χ0v) is 10.3. The van der Waals surface area contributed by atoms with Crippen LogP contribution in [0, 0.1) is 0 Å². The Morgan fingerprint density at radius 2 is 2.00 bits per heavy atom. The molecule has 0 aromatic heterocycles. The van der Waals surface area contributed by atoms with Crippen molar-refractivity contribution in [2.45, 2.75) is 30.6 Å². The van der Waals surface area contributed by atoms with Crippen molar-refractivity contribution in [1.29, 1.82) is 0 Å². The van der Waals surface area contributed by atoms with Gasteiger partial charge in [0.15, 0.2) is 0 Å². The minimum atomic E-state index is -4.71. The molecule has 1 aromatic rings. The third-order valence-corrected chi connectivity index (χ3v) is 3.70. The summed E-state index contributed by atoms with van der Waals surface area (Å²) in [5.41, 5.74) is 0.674. The average molecular weight is 257 g/mol. The van der Waals surface area contributed by atoms with E-state index in [0.717, 1.165) is 6.07 Å². The molecule has 0 bridgehead atoms. The zero-order chi connectivity index (χ0) is 12.8. The Hall–Kier alpha value is -1.43. The van der Waals surface area contributed by atoms with Crippen LogP contribution in [-0.4, -0.2) is 14.3 Å². The number of hydrogen-bond donors (Lipinski definition) is 1. The Morgan fingerprint density at radius 3 is 2.59 bits per heavy atom. The maximum Gasteiger partial charge on any atom is 0.332 e. The minimum absolute atomic E-state index is 0.127. The average Bonchev–Trinajstić information content (AvgIpc) is 2.13. The van der Waals surface area contributed by atoms with Gasteiger partial charge in [-0.15, -0.1) is 3.89 Å². The fourth-order valence-electron chi connectivity index (χ4n) is 2.03. The summed E-state index contributed by atoms with van der Waals surface area (Å²) in [5.74, 6) is -0.127. The first-order valence-corrected chi connectivity index (χ1v) is 6.47. The van der Waals surface area contributed by atoms with Gasteiger partial charge in [-0.2, -0.15) is 8.42 Å². The van der Waals surface area contributed by atoms with Gasteiger partial charge in [0, 0.05) is 17.5 Å². The van der Waals surface area contributed by atoms with Crippen LogP contribution in [-0.2, 0) is 20.4 Å².